The van der Waals surface area contributed by atoms with Crippen LogP contribution in [0.4, 0.5) is 17.1 Å². The molecule has 0 radical (unpaired) electrons. The summed E-state index contributed by atoms with van der Waals surface area (Å²) < 4.78 is 0. The lowest BCUT2D eigenvalue weighted by Crippen LogP contribution is -2.26. The topological polar surface area (TPSA) is 3.24 Å². The molecule has 0 heterocycles. The van der Waals surface area contributed by atoms with E-state index >= 15 is 0 Å². The van der Waals surface area contributed by atoms with Gasteiger partial charge in [0.2, 0.25) is 0 Å². The molecule has 2 aliphatic carbocycles. The minimum absolute atomic E-state index is 0.346. The Morgan fingerprint density at radius 3 is 1.20 bits per heavy atom. The Balaban J connectivity index is 1.44. The average molecular weight is 512 g/mol. The zero-order valence-corrected chi connectivity index (χ0v) is 22.7. The molecule has 0 unspecified atom stereocenters. The summed E-state index contributed by atoms with van der Waals surface area (Å²) in [6.45, 7) is 4.29. The van der Waals surface area contributed by atoms with E-state index < -0.39 is 0 Å². The molecular weight excluding hydrogens is 482 g/mol. The summed E-state index contributed by atoms with van der Waals surface area (Å²) in [6.07, 6.45) is 0. The summed E-state index contributed by atoms with van der Waals surface area (Å²) in [5.74, 6) is 0. The van der Waals surface area contributed by atoms with Gasteiger partial charge in [0, 0.05) is 17.1 Å². The van der Waals surface area contributed by atoms with Gasteiger partial charge in [-0.1, -0.05) is 114 Å². The SMILES string of the molecule is Cc1ccc(N(c2ccc(C)cc2)c2ccc3c(c2)C2(c4ccccc4-c4ccccc42)c2ccccc2-3)cc1. The van der Waals surface area contributed by atoms with E-state index in [1.54, 1.807) is 0 Å². The van der Waals surface area contributed by atoms with E-state index in [0.29, 0.717) is 0 Å². The second-order valence-corrected chi connectivity index (χ2v) is 11.1. The highest BCUT2D eigenvalue weighted by Crippen LogP contribution is 2.63. The molecule has 1 spiro atoms. The Morgan fingerprint density at radius 1 is 0.375 bits per heavy atom. The van der Waals surface area contributed by atoms with Crippen LogP contribution in [-0.4, -0.2) is 0 Å². The first kappa shape index (κ1) is 23.0. The molecule has 0 bridgehead atoms. The Labute approximate surface area is 236 Å². The summed E-state index contributed by atoms with van der Waals surface area (Å²) in [6, 6.07) is 51.8. The van der Waals surface area contributed by atoms with Gasteiger partial charge in [-0.3, -0.25) is 0 Å². The van der Waals surface area contributed by atoms with Crippen LogP contribution < -0.4 is 4.90 Å². The van der Waals surface area contributed by atoms with Gasteiger partial charge in [0.25, 0.3) is 0 Å². The molecule has 40 heavy (non-hydrogen) atoms. The molecular formula is C39H29N. The fourth-order valence-corrected chi connectivity index (χ4v) is 7.06. The number of anilines is 3. The van der Waals surface area contributed by atoms with Gasteiger partial charge in [-0.25, -0.2) is 0 Å². The molecule has 0 aliphatic heterocycles. The molecule has 6 aromatic carbocycles. The van der Waals surface area contributed by atoms with Crippen molar-refractivity contribution in [2.75, 3.05) is 4.90 Å². The predicted octanol–water partition coefficient (Wildman–Crippen LogP) is 10.1. The third-order valence-electron chi connectivity index (χ3n) is 8.82. The van der Waals surface area contributed by atoms with E-state index in [4.69, 9.17) is 0 Å². The third-order valence-corrected chi connectivity index (χ3v) is 8.82. The van der Waals surface area contributed by atoms with E-state index in [1.165, 1.54) is 61.3 Å². The number of hydrogen-bond donors (Lipinski definition) is 0. The molecule has 0 atom stereocenters. The van der Waals surface area contributed by atoms with Crippen molar-refractivity contribution in [2.45, 2.75) is 19.3 Å². The van der Waals surface area contributed by atoms with Crippen LogP contribution in [0.5, 0.6) is 0 Å². The first-order valence-electron chi connectivity index (χ1n) is 14.0. The number of fused-ring (bicyclic) bond motifs is 10. The van der Waals surface area contributed by atoms with E-state index in [-0.39, 0.29) is 5.41 Å². The van der Waals surface area contributed by atoms with Crippen LogP contribution in [0.1, 0.15) is 33.4 Å². The molecule has 0 N–H and O–H groups in total. The molecule has 0 saturated heterocycles. The van der Waals surface area contributed by atoms with Gasteiger partial charge in [0.05, 0.1) is 5.41 Å². The lowest BCUT2D eigenvalue weighted by atomic mass is 9.70. The van der Waals surface area contributed by atoms with E-state index in [9.17, 15) is 0 Å². The smallest absolute Gasteiger partial charge is 0.0726 e. The van der Waals surface area contributed by atoms with Gasteiger partial charge in [-0.05, 0) is 94.8 Å². The first-order chi connectivity index (χ1) is 19.7. The maximum Gasteiger partial charge on any atom is 0.0726 e. The van der Waals surface area contributed by atoms with Gasteiger partial charge in [0.15, 0.2) is 0 Å². The van der Waals surface area contributed by atoms with Gasteiger partial charge >= 0.3 is 0 Å². The zero-order valence-electron chi connectivity index (χ0n) is 22.7. The van der Waals surface area contributed by atoms with Crippen molar-refractivity contribution < 1.29 is 0 Å². The van der Waals surface area contributed by atoms with Crippen molar-refractivity contribution in [1.29, 1.82) is 0 Å². The Bertz CT molecular complexity index is 1800. The molecule has 0 amide bonds. The standard InChI is InChI=1S/C39H29N/c1-26-15-19-28(20-16-26)40(29-21-17-27(2)18-22-29)30-23-24-34-33-11-5-8-14-37(33)39(38(34)25-30)35-12-6-3-9-31(35)32-10-4-7-13-36(32)39/h3-25H,1-2H3. The molecule has 0 aromatic heterocycles. The monoisotopic (exact) mass is 511 g/mol. The summed E-state index contributed by atoms with van der Waals surface area (Å²) in [5, 5.41) is 0. The minimum atomic E-state index is -0.346. The number of hydrogen-bond acceptors (Lipinski definition) is 1. The van der Waals surface area contributed by atoms with Crippen molar-refractivity contribution in [3.63, 3.8) is 0 Å². The molecule has 190 valence electrons. The van der Waals surface area contributed by atoms with Crippen molar-refractivity contribution in [1.82, 2.24) is 0 Å². The molecule has 2 aliphatic rings. The highest BCUT2D eigenvalue weighted by atomic mass is 15.1. The molecule has 8 rings (SSSR count). The maximum absolute atomic E-state index is 2.45. The second kappa shape index (κ2) is 8.56. The number of nitrogens with zero attached hydrogens (tertiary/aromatic N) is 1. The molecule has 0 fully saturated rings. The van der Waals surface area contributed by atoms with Crippen molar-refractivity contribution in [2.24, 2.45) is 0 Å². The zero-order chi connectivity index (χ0) is 26.8. The van der Waals surface area contributed by atoms with Crippen LogP contribution in [-0.2, 0) is 5.41 Å². The van der Waals surface area contributed by atoms with Crippen LogP contribution >= 0.6 is 0 Å². The number of rotatable bonds is 3. The number of benzene rings is 6. The fraction of sp³-hybridized carbons (Fsp3) is 0.0769. The van der Waals surface area contributed by atoms with E-state index in [0.717, 1.165) is 11.4 Å². The lowest BCUT2D eigenvalue weighted by molar-refractivity contribution is 0.793. The predicted molar refractivity (Wildman–Crippen MR) is 167 cm³/mol. The molecule has 1 nitrogen and oxygen atoms in total. The summed E-state index contributed by atoms with van der Waals surface area (Å²) in [7, 11) is 0. The molecule has 6 aromatic rings. The van der Waals surface area contributed by atoms with Crippen molar-refractivity contribution in [3.8, 4) is 22.3 Å². The second-order valence-electron chi connectivity index (χ2n) is 11.1. The summed E-state index contributed by atoms with van der Waals surface area (Å²) >= 11 is 0. The van der Waals surface area contributed by atoms with Gasteiger partial charge in [0.1, 0.15) is 0 Å². The average Bonchev–Trinajstić information content (AvgIpc) is 3.46. The Kier molecular flexibility index (Phi) is 4.93. The quantitative estimate of drug-likeness (QED) is 0.228. The van der Waals surface area contributed by atoms with Gasteiger partial charge in [-0.15, -0.1) is 0 Å². The Hall–Kier alpha value is -4.88. The minimum Gasteiger partial charge on any atom is -0.310 e. The molecule has 1 heteroatoms. The van der Waals surface area contributed by atoms with Crippen LogP contribution in [0, 0.1) is 13.8 Å². The highest BCUT2D eigenvalue weighted by Gasteiger charge is 2.51. The van der Waals surface area contributed by atoms with Crippen LogP contribution in [0.15, 0.2) is 140 Å². The summed E-state index contributed by atoms with van der Waals surface area (Å²) in [5.41, 5.74) is 16.4. The Morgan fingerprint density at radius 2 is 0.750 bits per heavy atom. The van der Waals surface area contributed by atoms with Crippen LogP contribution in [0.2, 0.25) is 0 Å². The van der Waals surface area contributed by atoms with E-state index in [1.807, 2.05) is 0 Å². The number of aryl methyl sites for hydroxylation is 2. The normalized spacial score (nSPS) is 13.4. The fourth-order valence-electron chi connectivity index (χ4n) is 7.06. The largest absolute Gasteiger partial charge is 0.310 e. The maximum atomic E-state index is 2.45. The van der Waals surface area contributed by atoms with Crippen molar-refractivity contribution in [3.05, 3.63) is 173 Å². The van der Waals surface area contributed by atoms with Gasteiger partial charge < -0.3 is 4.90 Å². The van der Waals surface area contributed by atoms with Crippen molar-refractivity contribution >= 4 is 17.1 Å². The highest BCUT2D eigenvalue weighted by molar-refractivity contribution is 5.96. The van der Waals surface area contributed by atoms with Gasteiger partial charge in [-0.2, -0.15) is 0 Å². The third kappa shape index (κ3) is 3.09. The molecule has 0 saturated carbocycles. The summed E-state index contributed by atoms with van der Waals surface area (Å²) in [4.78, 5) is 2.39. The first-order valence-corrected chi connectivity index (χ1v) is 14.0. The van der Waals surface area contributed by atoms with E-state index in [2.05, 4.69) is 158 Å². The lowest BCUT2D eigenvalue weighted by Gasteiger charge is -2.32. The van der Waals surface area contributed by atoms with Crippen LogP contribution in [0.3, 0.4) is 0 Å². The van der Waals surface area contributed by atoms with Crippen LogP contribution in [0.25, 0.3) is 22.3 Å².